The second-order valence-electron chi connectivity index (χ2n) is 10.00. The zero-order chi connectivity index (χ0) is 21.9. The summed E-state index contributed by atoms with van der Waals surface area (Å²) in [6.45, 7) is 6.24. The molecule has 0 radical (unpaired) electrons. The molecule has 2 aliphatic heterocycles. The van der Waals surface area contributed by atoms with E-state index in [0.717, 1.165) is 55.6 Å². The number of carbonyl (C=O) groups is 1. The van der Waals surface area contributed by atoms with Crippen LogP contribution in [0, 0.1) is 12.8 Å². The third kappa shape index (κ3) is 4.73. The predicted octanol–water partition coefficient (Wildman–Crippen LogP) is 4.68. The molecule has 1 aromatic carbocycles. The normalized spacial score (nSPS) is 22.3. The highest BCUT2D eigenvalue weighted by Gasteiger charge is 2.32. The van der Waals surface area contributed by atoms with Gasteiger partial charge in [0.05, 0.1) is 0 Å². The van der Waals surface area contributed by atoms with Crippen molar-refractivity contribution in [2.75, 3.05) is 31.1 Å². The smallest absolute Gasteiger partial charge is 0.228 e. The van der Waals surface area contributed by atoms with Crippen molar-refractivity contribution in [3.63, 3.8) is 0 Å². The quantitative estimate of drug-likeness (QED) is 0.665. The van der Waals surface area contributed by atoms with Crippen molar-refractivity contribution in [2.45, 2.75) is 70.6 Å². The molecule has 1 aromatic heterocycles. The number of amides is 1. The zero-order valence-corrected chi connectivity index (χ0v) is 19.4. The minimum Gasteiger partial charge on any atom is -0.302 e. The Morgan fingerprint density at radius 1 is 1.00 bits per heavy atom. The number of aromatic nitrogens is 2. The molecule has 1 unspecified atom stereocenters. The van der Waals surface area contributed by atoms with Crippen molar-refractivity contribution >= 4 is 11.7 Å². The molecular formula is C27H36N4O. The first-order valence-electron chi connectivity index (χ1n) is 12.6. The van der Waals surface area contributed by atoms with Gasteiger partial charge in [-0.15, -0.1) is 0 Å². The Bertz CT molecular complexity index is 938. The molecule has 1 saturated carbocycles. The van der Waals surface area contributed by atoms with Gasteiger partial charge in [0.2, 0.25) is 5.91 Å². The number of nitrogens with zero attached hydrogens (tertiary/aromatic N) is 4. The zero-order valence-electron chi connectivity index (χ0n) is 19.4. The number of anilines is 1. The summed E-state index contributed by atoms with van der Waals surface area (Å²) in [6.07, 6.45) is 10.3. The number of hydrogen-bond acceptors (Lipinski definition) is 4. The van der Waals surface area contributed by atoms with Crippen LogP contribution in [-0.4, -0.2) is 47.0 Å². The highest BCUT2D eigenvalue weighted by atomic mass is 16.2. The van der Waals surface area contributed by atoms with Crippen LogP contribution in [0.2, 0.25) is 0 Å². The number of aryl methyl sites for hydroxylation is 1. The van der Waals surface area contributed by atoms with E-state index in [4.69, 9.17) is 9.97 Å². The molecule has 3 heterocycles. The lowest BCUT2D eigenvalue weighted by Crippen LogP contribution is -2.38. The van der Waals surface area contributed by atoms with Crippen LogP contribution in [0.3, 0.4) is 0 Å². The van der Waals surface area contributed by atoms with Gasteiger partial charge in [-0.05, 0) is 57.1 Å². The summed E-state index contributed by atoms with van der Waals surface area (Å²) in [7, 11) is 0. The Morgan fingerprint density at radius 2 is 1.81 bits per heavy atom. The van der Waals surface area contributed by atoms with E-state index in [1.54, 1.807) is 0 Å². The third-order valence-electron chi connectivity index (χ3n) is 7.70. The monoisotopic (exact) mass is 432 g/mol. The van der Waals surface area contributed by atoms with Crippen molar-refractivity contribution in [3.05, 3.63) is 53.0 Å². The maximum Gasteiger partial charge on any atom is 0.228 e. The first-order chi connectivity index (χ1) is 15.7. The Hall–Kier alpha value is -2.27. The van der Waals surface area contributed by atoms with Crippen LogP contribution in [0.1, 0.15) is 73.5 Å². The Kier molecular flexibility index (Phi) is 6.54. The largest absolute Gasteiger partial charge is 0.302 e. The lowest BCUT2D eigenvalue weighted by atomic mass is 9.89. The maximum absolute atomic E-state index is 12.9. The van der Waals surface area contributed by atoms with Gasteiger partial charge in [0, 0.05) is 43.2 Å². The number of likely N-dealkylation sites (tertiary alicyclic amines) is 1. The van der Waals surface area contributed by atoms with Gasteiger partial charge in [-0.1, -0.05) is 49.6 Å². The highest BCUT2D eigenvalue weighted by Crippen LogP contribution is 2.33. The van der Waals surface area contributed by atoms with Gasteiger partial charge >= 0.3 is 0 Å². The van der Waals surface area contributed by atoms with Crippen LogP contribution in [0.15, 0.2) is 30.3 Å². The van der Waals surface area contributed by atoms with Crippen LogP contribution in [0.5, 0.6) is 0 Å². The Morgan fingerprint density at radius 3 is 2.62 bits per heavy atom. The standard InChI is InChI=1S/C27H36N4O/c1-20-24-12-13-25(32)31(17-14-21-8-4-2-5-9-21)27(24)29-26(28-20)23-15-16-30(19-23)18-22-10-6-3-7-11-22/h2,4-5,8-9,22-23H,3,6-7,10-19H2,1H3. The molecule has 5 heteroatoms. The number of rotatable bonds is 6. The van der Waals surface area contributed by atoms with Crippen LogP contribution < -0.4 is 4.90 Å². The van der Waals surface area contributed by atoms with Crippen molar-refractivity contribution in [1.82, 2.24) is 14.9 Å². The summed E-state index contributed by atoms with van der Waals surface area (Å²) >= 11 is 0. The molecule has 2 aromatic rings. The van der Waals surface area contributed by atoms with Crippen LogP contribution in [0.4, 0.5) is 5.82 Å². The molecule has 1 aliphatic carbocycles. The van der Waals surface area contributed by atoms with Gasteiger partial charge in [-0.3, -0.25) is 9.69 Å². The van der Waals surface area contributed by atoms with Crippen molar-refractivity contribution in [1.29, 1.82) is 0 Å². The van der Waals surface area contributed by atoms with Crippen molar-refractivity contribution in [3.8, 4) is 0 Å². The molecule has 1 atom stereocenters. The first kappa shape index (κ1) is 21.6. The topological polar surface area (TPSA) is 49.3 Å². The summed E-state index contributed by atoms with van der Waals surface area (Å²) in [5.74, 6) is 3.29. The van der Waals surface area contributed by atoms with Crippen molar-refractivity contribution < 1.29 is 4.79 Å². The number of fused-ring (bicyclic) bond motifs is 1. The molecule has 0 bridgehead atoms. The minimum atomic E-state index is 0.197. The van der Waals surface area contributed by atoms with Crippen LogP contribution in [0.25, 0.3) is 0 Å². The lowest BCUT2D eigenvalue weighted by Gasteiger charge is -2.30. The van der Waals surface area contributed by atoms with E-state index in [2.05, 4.69) is 36.1 Å². The fraction of sp³-hybridized carbons (Fsp3) is 0.593. The van der Waals surface area contributed by atoms with E-state index in [1.807, 2.05) is 11.0 Å². The number of carbonyl (C=O) groups excluding carboxylic acids is 1. The number of benzene rings is 1. The Labute approximate surface area is 192 Å². The Balaban J connectivity index is 1.31. The van der Waals surface area contributed by atoms with Gasteiger partial charge in [0.15, 0.2) is 0 Å². The van der Waals surface area contributed by atoms with Gasteiger partial charge in [0.25, 0.3) is 0 Å². The second kappa shape index (κ2) is 9.70. The van der Waals surface area contributed by atoms with Crippen molar-refractivity contribution in [2.24, 2.45) is 5.92 Å². The van der Waals surface area contributed by atoms with E-state index in [-0.39, 0.29) is 5.91 Å². The number of hydrogen-bond donors (Lipinski definition) is 0. The summed E-state index contributed by atoms with van der Waals surface area (Å²) < 4.78 is 0. The van der Waals surface area contributed by atoms with Gasteiger partial charge in [-0.25, -0.2) is 9.97 Å². The van der Waals surface area contributed by atoms with E-state index in [1.165, 1.54) is 49.8 Å². The molecular weight excluding hydrogens is 396 g/mol. The SMILES string of the molecule is Cc1nc(C2CCN(CC3CCCCC3)C2)nc2c1CCC(=O)N2CCc1ccccc1. The molecule has 2 fully saturated rings. The van der Waals surface area contributed by atoms with Crippen LogP contribution in [-0.2, 0) is 17.6 Å². The second-order valence-corrected chi connectivity index (χ2v) is 10.00. The van der Waals surface area contributed by atoms with E-state index in [9.17, 15) is 4.79 Å². The molecule has 1 amide bonds. The first-order valence-corrected chi connectivity index (χ1v) is 12.6. The average molecular weight is 433 g/mol. The predicted molar refractivity (Wildman–Crippen MR) is 128 cm³/mol. The van der Waals surface area contributed by atoms with Gasteiger partial charge < -0.3 is 4.90 Å². The highest BCUT2D eigenvalue weighted by molar-refractivity contribution is 5.95. The summed E-state index contributed by atoms with van der Waals surface area (Å²) in [5, 5.41) is 0. The molecule has 1 saturated heterocycles. The molecule has 3 aliphatic rings. The van der Waals surface area contributed by atoms with Gasteiger partial charge in [-0.2, -0.15) is 0 Å². The van der Waals surface area contributed by atoms with E-state index < -0.39 is 0 Å². The average Bonchev–Trinajstić information content (AvgIpc) is 3.28. The fourth-order valence-corrected chi connectivity index (χ4v) is 5.85. The van der Waals surface area contributed by atoms with E-state index >= 15 is 0 Å². The van der Waals surface area contributed by atoms with E-state index in [0.29, 0.717) is 18.9 Å². The van der Waals surface area contributed by atoms with Gasteiger partial charge in [0.1, 0.15) is 11.6 Å². The molecule has 32 heavy (non-hydrogen) atoms. The summed E-state index contributed by atoms with van der Waals surface area (Å²) in [5.41, 5.74) is 3.49. The summed E-state index contributed by atoms with van der Waals surface area (Å²) in [4.78, 5) is 27.4. The molecule has 0 N–H and O–H groups in total. The molecule has 5 nitrogen and oxygen atoms in total. The van der Waals surface area contributed by atoms with Crippen LogP contribution >= 0.6 is 0 Å². The third-order valence-corrected chi connectivity index (χ3v) is 7.70. The lowest BCUT2D eigenvalue weighted by molar-refractivity contribution is -0.118. The fourth-order valence-electron chi connectivity index (χ4n) is 5.85. The maximum atomic E-state index is 12.9. The molecule has 5 rings (SSSR count). The molecule has 170 valence electrons. The summed E-state index contributed by atoms with van der Waals surface area (Å²) in [6, 6.07) is 10.4. The minimum absolute atomic E-state index is 0.197. The molecule has 0 spiro atoms.